The Kier molecular flexibility index (Phi) is 8.09. The molecule has 2 aliphatic rings. The number of rotatable bonds is 9. The van der Waals surface area contributed by atoms with Crippen LogP contribution >= 0.6 is 0 Å². The van der Waals surface area contributed by atoms with E-state index < -0.39 is 0 Å². The Labute approximate surface area is 195 Å². The van der Waals surface area contributed by atoms with E-state index in [9.17, 15) is 4.79 Å². The quantitative estimate of drug-likeness (QED) is 0.513. The normalized spacial score (nSPS) is 22.5. The van der Waals surface area contributed by atoms with Crippen LogP contribution in [0.2, 0.25) is 0 Å². The van der Waals surface area contributed by atoms with Crippen molar-refractivity contribution in [1.29, 1.82) is 0 Å². The van der Waals surface area contributed by atoms with Crippen LogP contribution in [-0.2, 0) is 14.3 Å². The summed E-state index contributed by atoms with van der Waals surface area (Å²) < 4.78 is 28.6. The first-order valence-corrected chi connectivity index (χ1v) is 12.1. The van der Waals surface area contributed by atoms with Gasteiger partial charge in [0.2, 0.25) is 0 Å². The van der Waals surface area contributed by atoms with Gasteiger partial charge in [0.15, 0.2) is 5.58 Å². The van der Waals surface area contributed by atoms with Crippen molar-refractivity contribution in [3.63, 3.8) is 0 Å². The molecule has 1 aromatic heterocycles. The van der Waals surface area contributed by atoms with E-state index in [1.807, 2.05) is 25.1 Å². The van der Waals surface area contributed by atoms with E-state index in [2.05, 4.69) is 23.9 Å². The zero-order valence-electron chi connectivity index (χ0n) is 20.0. The second-order valence-electron chi connectivity index (χ2n) is 9.69. The second kappa shape index (κ2) is 11.2. The highest BCUT2D eigenvalue weighted by Gasteiger charge is 2.28. The number of hydrogen-bond donors (Lipinski definition) is 0. The smallest absolute Gasteiger partial charge is 0.310 e. The van der Waals surface area contributed by atoms with Gasteiger partial charge >= 0.3 is 5.97 Å². The lowest BCUT2D eigenvalue weighted by atomic mass is 9.96. The SMILES string of the molecule is CC(C)COc1cccc2onc(OCC3CCN(COC(=O)C4CCOC(C)C4)CC3)c12. The molecule has 0 N–H and O–H groups in total. The number of likely N-dealkylation sites (tertiary alicyclic amines) is 1. The summed E-state index contributed by atoms with van der Waals surface area (Å²) in [5.74, 6) is 1.95. The molecule has 8 heteroatoms. The number of fused-ring (bicyclic) bond motifs is 1. The standard InChI is InChI=1S/C25H36N2O6/c1-17(2)14-30-21-5-4-6-22-23(21)24(26-33-22)31-15-19-7-10-27(11-8-19)16-32-25(28)20-9-12-29-18(3)13-20/h4-6,17-20H,7-16H2,1-3H3. The Morgan fingerprint density at radius 1 is 1.21 bits per heavy atom. The molecule has 0 saturated carbocycles. The van der Waals surface area contributed by atoms with Crippen LogP contribution in [0, 0.1) is 17.8 Å². The van der Waals surface area contributed by atoms with Crippen molar-refractivity contribution in [3.8, 4) is 11.6 Å². The molecule has 0 radical (unpaired) electrons. The van der Waals surface area contributed by atoms with Crippen LogP contribution in [0.15, 0.2) is 22.7 Å². The summed E-state index contributed by atoms with van der Waals surface area (Å²) in [5.41, 5.74) is 0.668. The van der Waals surface area contributed by atoms with Gasteiger partial charge in [-0.15, -0.1) is 0 Å². The first-order valence-electron chi connectivity index (χ1n) is 12.1. The lowest BCUT2D eigenvalue weighted by Gasteiger charge is -2.32. The number of piperidine rings is 1. The number of nitrogens with zero attached hydrogens (tertiary/aromatic N) is 2. The summed E-state index contributed by atoms with van der Waals surface area (Å²) in [6.45, 7) is 10.2. The zero-order valence-corrected chi connectivity index (χ0v) is 20.0. The van der Waals surface area contributed by atoms with Crippen molar-refractivity contribution in [2.75, 3.05) is 39.6 Å². The summed E-state index contributed by atoms with van der Waals surface area (Å²) in [5, 5.41) is 4.92. The lowest BCUT2D eigenvalue weighted by Crippen LogP contribution is -2.39. The molecule has 0 aliphatic carbocycles. The van der Waals surface area contributed by atoms with Crippen molar-refractivity contribution < 1.29 is 28.3 Å². The van der Waals surface area contributed by atoms with Crippen molar-refractivity contribution in [2.45, 2.75) is 52.6 Å². The van der Waals surface area contributed by atoms with Gasteiger partial charge < -0.3 is 23.5 Å². The zero-order chi connectivity index (χ0) is 23.2. The fourth-order valence-corrected chi connectivity index (χ4v) is 4.37. The number of esters is 1. The van der Waals surface area contributed by atoms with Gasteiger partial charge in [0.25, 0.3) is 5.88 Å². The molecule has 182 valence electrons. The van der Waals surface area contributed by atoms with E-state index in [4.69, 9.17) is 23.5 Å². The Morgan fingerprint density at radius 2 is 2.03 bits per heavy atom. The molecule has 3 heterocycles. The fraction of sp³-hybridized carbons (Fsp3) is 0.680. The molecule has 2 fully saturated rings. The summed E-state index contributed by atoms with van der Waals surface area (Å²) in [4.78, 5) is 14.5. The first kappa shape index (κ1) is 23.8. The maximum atomic E-state index is 12.4. The van der Waals surface area contributed by atoms with Gasteiger partial charge in [-0.25, -0.2) is 0 Å². The Bertz CT molecular complexity index is 905. The molecular weight excluding hydrogens is 424 g/mol. The van der Waals surface area contributed by atoms with Gasteiger partial charge in [-0.2, -0.15) is 0 Å². The van der Waals surface area contributed by atoms with Crippen LogP contribution in [0.1, 0.15) is 46.5 Å². The monoisotopic (exact) mass is 460 g/mol. The maximum absolute atomic E-state index is 12.4. The van der Waals surface area contributed by atoms with Crippen LogP contribution in [0.4, 0.5) is 0 Å². The minimum atomic E-state index is -0.0935. The van der Waals surface area contributed by atoms with E-state index in [-0.39, 0.29) is 18.0 Å². The van der Waals surface area contributed by atoms with Gasteiger partial charge in [0.1, 0.15) is 17.9 Å². The average molecular weight is 461 g/mol. The molecule has 33 heavy (non-hydrogen) atoms. The first-order chi connectivity index (χ1) is 16.0. The number of aromatic nitrogens is 1. The van der Waals surface area contributed by atoms with Gasteiger partial charge in [0.05, 0.1) is 25.2 Å². The molecule has 8 nitrogen and oxygen atoms in total. The van der Waals surface area contributed by atoms with Gasteiger partial charge in [0, 0.05) is 19.7 Å². The minimum absolute atomic E-state index is 0.0358. The largest absolute Gasteiger partial charge is 0.492 e. The number of ether oxygens (including phenoxy) is 4. The maximum Gasteiger partial charge on any atom is 0.310 e. The van der Waals surface area contributed by atoms with Crippen LogP contribution in [0.3, 0.4) is 0 Å². The van der Waals surface area contributed by atoms with Crippen molar-refractivity contribution in [3.05, 3.63) is 18.2 Å². The minimum Gasteiger partial charge on any atom is -0.492 e. The molecule has 1 aromatic carbocycles. The third-order valence-corrected chi connectivity index (χ3v) is 6.37. The van der Waals surface area contributed by atoms with Crippen molar-refractivity contribution >= 4 is 16.9 Å². The molecule has 2 aromatic rings. The molecule has 2 aliphatic heterocycles. The topological polar surface area (TPSA) is 83.3 Å². The van der Waals surface area contributed by atoms with Crippen LogP contribution in [-0.4, -0.2) is 61.8 Å². The number of carbonyl (C=O) groups excluding carboxylic acids is 1. The van der Waals surface area contributed by atoms with Crippen LogP contribution in [0.25, 0.3) is 11.0 Å². The Morgan fingerprint density at radius 3 is 2.79 bits per heavy atom. The molecule has 2 saturated heterocycles. The van der Waals surface area contributed by atoms with Gasteiger partial charge in [-0.1, -0.05) is 19.9 Å². The summed E-state index contributed by atoms with van der Waals surface area (Å²) in [6.07, 6.45) is 3.60. The number of benzene rings is 1. The van der Waals surface area contributed by atoms with Crippen molar-refractivity contribution in [1.82, 2.24) is 10.1 Å². The highest BCUT2D eigenvalue weighted by molar-refractivity contribution is 5.88. The molecule has 4 rings (SSSR count). The molecule has 0 spiro atoms. The van der Waals surface area contributed by atoms with Crippen molar-refractivity contribution in [2.24, 2.45) is 17.8 Å². The van der Waals surface area contributed by atoms with E-state index in [1.165, 1.54) is 0 Å². The lowest BCUT2D eigenvalue weighted by molar-refractivity contribution is -0.159. The third kappa shape index (κ3) is 6.38. The number of hydrogen-bond acceptors (Lipinski definition) is 8. The molecule has 0 amide bonds. The van der Waals surface area contributed by atoms with E-state index in [1.54, 1.807) is 0 Å². The molecule has 2 atom stereocenters. The molecule has 0 bridgehead atoms. The average Bonchev–Trinajstić information content (AvgIpc) is 3.24. The molecular formula is C25H36N2O6. The predicted molar refractivity (Wildman–Crippen MR) is 123 cm³/mol. The summed E-state index contributed by atoms with van der Waals surface area (Å²) in [6, 6.07) is 5.70. The van der Waals surface area contributed by atoms with Crippen LogP contribution in [0.5, 0.6) is 11.6 Å². The Hall–Kier alpha value is -2.32. The third-order valence-electron chi connectivity index (χ3n) is 6.37. The second-order valence-corrected chi connectivity index (χ2v) is 9.69. The number of carbonyl (C=O) groups is 1. The molecule has 2 unspecified atom stereocenters. The fourth-order valence-electron chi connectivity index (χ4n) is 4.37. The van der Waals surface area contributed by atoms with Crippen LogP contribution < -0.4 is 9.47 Å². The highest BCUT2D eigenvalue weighted by atomic mass is 16.5. The summed E-state index contributed by atoms with van der Waals surface area (Å²) >= 11 is 0. The van der Waals surface area contributed by atoms with Gasteiger partial charge in [-0.05, 0) is 61.7 Å². The highest BCUT2D eigenvalue weighted by Crippen LogP contribution is 2.34. The van der Waals surface area contributed by atoms with E-state index in [0.717, 1.165) is 49.9 Å². The Balaban J connectivity index is 1.22. The van der Waals surface area contributed by atoms with Gasteiger partial charge in [-0.3, -0.25) is 9.69 Å². The van der Waals surface area contributed by atoms with E-state index in [0.29, 0.717) is 49.9 Å². The predicted octanol–water partition coefficient (Wildman–Crippen LogP) is 4.27. The summed E-state index contributed by atoms with van der Waals surface area (Å²) in [7, 11) is 0. The van der Waals surface area contributed by atoms with E-state index >= 15 is 0 Å².